The van der Waals surface area contributed by atoms with Gasteiger partial charge in [-0.25, -0.2) is 0 Å². The average Bonchev–Trinajstić information content (AvgIpc) is 2.90. The normalized spacial score (nSPS) is 43.1. The number of esters is 1. The monoisotopic (exact) mass is 446 g/mol. The van der Waals surface area contributed by atoms with Crippen molar-refractivity contribution >= 4 is 66.9 Å². The molecule has 156 valence electrons. The molecule has 0 aromatic rings. The van der Waals surface area contributed by atoms with Gasteiger partial charge in [0.05, 0.1) is 0 Å². The van der Waals surface area contributed by atoms with E-state index in [0.717, 1.165) is 31.3 Å². The van der Waals surface area contributed by atoms with Crippen molar-refractivity contribution in [3.63, 3.8) is 0 Å². The van der Waals surface area contributed by atoms with Gasteiger partial charge in [0.15, 0.2) is 17.2 Å². The molecule has 6 atom stereocenters. The van der Waals surface area contributed by atoms with Crippen molar-refractivity contribution in [2.45, 2.75) is 71.8 Å². The van der Waals surface area contributed by atoms with Gasteiger partial charge in [-0.2, -0.15) is 0 Å². The zero-order valence-electron chi connectivity index (χ0n) is 17.1. The van der Waals surface area contributed by atoms with E-state index in [4.69, 9.17) is 16.3 Å². The standard InChI is InChI=1S/C23H29ClO4.Ca.2H/c1-13(25)23(28-14(2)26)10-7-18-16-12-20(24)19-11-15(27)5-8-21(19,3)17(16)6-9-22(18,23)4;;;/h11-12,16-18H,5-10H2,1-4H3;;;/t16-,17+,18+,21-,22+,23+;;;/m1.../s1. The molecule has 0 bridgehead atoms. The van der Waals surface area contributed by atoms with Crippen LogP contribution in [0.5, 0.6) is 0 Å². The number of ketones is 2. The number of carbonyl (C=O) groups is 3. The summed E-state index contributed by atoms with van der Waals surface area (Å²) in [6, 6.07) is 0. The van der Waals surface area contributed by atoms with Crippen LogP contribution in [0.4, 0.5) is 0 Å². The fraction of sp³-hybridized carbons (Fsp3) is 0.696. The van der Waals surface area contributed by atoms with Crippen LogP contribution in [0, 0.1) is 28.6 Å². The Bertz CT molecular complexity index is 833. The third-order valence-corrected chi connectivity index (χ3v) is 8.89. The van der Waals surface area contributed by atoms with Gasteiger partial charge >= 0.3 is 43.7 Å². The molecule has 4 aliphatic carbocycles. The van der Waals surface area contributed by atoms with Gasteiger partial charge in [0.1, 0.15) is 0 Å². The molecule has 0 aliphatic heterocycles. The Kier molecular flexibility index (Phi) is 6.29. The van der Waals surface area contributed by atoms with Crippen molar-refractivity contribution < 1.29 is 19.1 Å². The van der Waals surface area contributed by atoms with Crippen LogP contribution in [0.15, 0.2) is 22.8 Å². The molecule has 6 heteroatoms. The van der Waals surface area contributed by atoms with Gasteiger partial charge in [-0.15, -0.1) is 0 Å². The first-order chi connectivity index (χ1) is 13.0. The van der Waals surface area contributed by atoms with Crippen LogP contribution in [0.3, 0.4) is 0 Å². The van der Waals surface area contributed by atoms with E-state index in [9.17, 15) is 14.4 Å². The van der Waals surface area contributed by atoms with Crippen molar-refractivity contribution in [2.24, 2.45) is 28.6 Å². The number of carbonyl (C=O) groups excluding carboxylic acids is 3. The molecule has 0 spiro atoms. The maximum atomic E-state index is 12.7. The molecule has 0 radical (unpaired) electrons. The minimum absolute atomic E-state index is 0. The molecule has 0 unspecified atom stereocenters. The van der Waals surface area contributed by atoms with Crippen molar-refractivity contribution in [3.8, 4) is 0 Å². The molecule has 0 saturated heterocycles. The Balaban J connectivity index is 0.00000240. The first kappa shape index (κ1) is 23.5. The van der Waals surface area contributed by atoms with Gasteiger partial charge in [-0.1, -0.05) is 31.5 Å². The Labute approximate surface area is 207 Å². The average molecular weight is 447 g/mol. The molecule has 29 heavy (non-hydrogen) atoms. The molecule has 2 fully saturated rings. The van der Waals surface area contributed by atoms with Crippen molar-refractivity contribution in [2.75, 3.05) is 0 Å². The predicted octanol–water partition coefficient (Wildman–Crippen LogP) is 3.84. The van der Waals surface area contributed by atoms with Crippen LogP contribution in [0.2, 0.25) is 0 Å². The Morgan fingerprint density at radius 3 is 2.38 bits per heavy atom. The summed E-state index contributed by atoms with van der Waals surface area (Å²) in [7, 11) is 0. The molecule has 0 aromatic heterocycles. The first-order valence-electron chi connectivity index (χ1n) is 10.4. The second-order valence-electron chi connectivity index (χ2n) is 9.72. The first-order valence-corrected chi connectivity index (χ1v) is 10.8. The predicted molar refractivity (Wildman–Crippen MR) is 115 cm³/mol. The topological polar surface area (TPSA) is 60.4 Å². The molecule has 4 nitrogen and oxygen atoms in total. The van der Waals surface area contributed by atoms with E-state index < -0.39 is 5.60 Å². The zero-order chi connectivity index (χ0) is 20.5. The summed E-state index contributed by atoms with van der Waals surface area (Å²) in [6.07, 6.45) is 8.48. The van der Waals surface area contributed by atoms with E-state index in [1.54, 1.807) is 13.0 Å². The molecule has 0 N–H and O–H groups in total. The van der Waals surface area contributed by atoms with Crippen LogP contribution in [0.25, 0.3) is 0 Å². The molecule has 2 saturated carbocycles. The molecule has 0 aromatic carbocycles. The number of ether oxygens (including phenoxy) is 1. The quantitative estimate of drug-likeness (QED) is 0.477. The summed E-state index contributed by atoms with van der Waals surface area (Å²) in [6.45, 7) is 7.33. The third-order valence-electron chi connectivity index (χ3n) is 8.56. The number of Topliss-reactive ketones (excluding diaryl/α,β-unsaturated/α-hetero) is 1. The number of hydrogen-bond acceptors (Lipinski definition) is 4. The molecular weight excluding hydrogens is 416 g/mol. The molecule has 0 amide bonds. The summed E-state index contributed by atoms with van der Waals surface area (Å²) in [5.41, 5.74) is -0.532. The second kappa shape index (κ2) is 7.76. The van der Waals surface area contributed by atoms with Crippen LogP contribution in [0.1, 0.15) is 66.2 Å². The Morgan fingerprint density at radius 1 is 1.10 bits per heavy atom. The summed E-state index contributed by atoms with van der Waals surface area (Å²) in [5, 5.41) is 0.689. The van der Waals surface area contributed by atoms with E-state index in [-0.39, 0.29) is 77.9 Å². The van der Waals surface area contributed by atoms with Crippen LogP contribution >= 0.6 is 11.6 Å². The second-order valence-corrected chi connectivity index (χ2v) is 10.1. The molecule has 4 aliphatic rings. The van der Waals surface area contributed by atoms with Gasteiger partial charge < -0.3 is 4.74 Å². The number of fused-ring (bicyclic) bond motifs is 5. The number of allylic oxidation sites excluding steroid dienone is 4. The fourth-order valence-electron chi connectivity index (χ4n) is 7.13. The zero-order valence-corrected chi connectivity index (χ0v) is 17.9. The van der Waals surface area contributed by atoms with Crippen molar-refractivity contribution in [1.82, 2.24) is 0 Å². The van der Waals surface area contributed by atoms with Crippen LogP contribution in [-0.2, 0) is 19.1 Å². The SMILES string of the molecule is CC(=O)O[C@]1(C(C)=O)CC[C@H]2[C@@H]3C=C(Cl)C4=CC(=O)CC[C@]4(C)[C@H]3CC[C@@]21C.[CaH2]. The van der Waals surface area contributed by atoms with Gasteiger partial charge in [-0.3, -0.25) is 14.4 Å². The number of rotatable bonds is 2. The van der Waals surface area contributed by atoms with Crippen LogP contribution in [-0.4, -0.2) is 60.9 Å². The summed E-state index contributed by atoms with van der Waals surface area (Å²) in [4.78, 5) is 36.6. The van der Waals surface area contributed by atoms with E-state index in [1.165, 1.54) is 6.92 Å². The van der Waals surface area contributed by atoms with Gasteiger partial charge in [-0.05, 0) is 73.8 Å². The fourth-order valence-corrected chi connectivity index (χ4v) is 7.55. The van der Waals surface area contributed by atoms with Gasteiger partial charge in [0.2, 0.25) is 0 Å². The Hall–Kier alpha value is -0.160. The molecule has 0 heterocycles. The molecule has 4 rings (SSSR count). The van der Waals surface area contributed by atoms with E-state index in [2.05, 4.69) is 19.9 Å². The summed E-state index contributed by atoms with van der Waals surface area (Å²) >= 11 is 6.71. The number of halogens is 1. The van der Waals surface area contributed by atoms with Gasteiger partial charge in [0.25, 0.3) is 0 Å². The summed E-state index contributed by atoms with van der Waals surface area (Å²) < 4.78 is 5.79. The van der Waals surface area contributed by atoms with Crippen LogP contribution < -0.4 is 0 Å². The van der Waals surface area contributed by atoms with Gasteiger partial charge in [0, 0.05) is 23.8 Å². The van der Waals surface area contributed by atoms with E-state index in [0.29, 0.717) is 23.8 Å². The minimum atomic E-state index is -1.03. The number of hydrogen-bond donors (Lipinski definition) is 0. The van der Waals surface area contributed by atoms with Crippen molar-refractivity contribution in [1.29, 1.82) is 0 Å². The van der Waals surface area contributed by atoms with E-state index in [1.807, 2.05) is 0 Å². The van der Waals surface area contributed by atoms with Crippen molar-refractivity contribution in [3.05, 3.63) is 22.8 Å². The third kappa shape index (κ3) is 3.23. The Morgan fingerprint density at radius 2 is 1.76 bits per heavy atom. The van der Waals surface area contributed by atoms with E-state index >= 15 is 0 Å². The molecular formula is C23H31CaClO4. The maximum absolute atomic E-state index is 12.7. The summed E-state index contributed by atoms with van der Waals surface area (Å²) in [5.74, 6) is 0.584.